The maximum Gasteiger partial charge on any atom is 0.433 e. The van der Waals surface area contributed by atoms with Crippen molar-refractivity contribution < 1.29 is 22.7 Å². The quantitative estimate of drug-likeness (QED) is 0.787. The van der Waals surface area contributed by atoms with Gasteiger partial charge in [0, 0.05) is 18.5 Å². The molecule has 1 fully saturated rings. The Labute approximate surface area is 114 Å². The van der Waals surface area contributed by atoms with E-state index in [1.807, 2.05) is 0 Å². The van der Waals surface area contributed by atoms with Gasteiger partial charge in [-0.1, -0.05) is 0 Å². The third-order valence-electron chi connectivity index (χ3n) is 3.14. The van der Waals surface area contributed by atoms with Crippen LogP contribution in [0, 0.1) is 5.92 Å². The van der Waals surface area contributed by atoms with Crippen LogP contribution in [0.25, 0.3) is 0 Å². The van der Waals surface area contributed by atoms with Crippen LogP contribution in [-0.4, -0.2) is 21.4 Å². The smallest absolute Gasteiger partial charge is 0.433 e. The molecule has 0 saturated heterocycles. The predicted octanol–water partition coefficient (Wildman–Crippen LogP) is 2.88. The van der Waals surface area contributed by atoms with Crippen LogP contribution in [0.4, 0.5) is 13.2 Å². The van der Waals surface area contributed by atoms with Gasteiger partial charge >= 0.3 is 12.1 Å². The van der Waals surface area contributed by atoms with Crippen LogP contribution in [0.3, 0.4) is 0 Å². The molecule has 0 spiro atoms. The fourth-order valence-corrected chi connectivity index (χ4v) is 2.25. The van der Waals surface area contributed by atoms with Gasteiger partial charge in [-0.15, -0.1) is 0 Å². The Morgan fingerprint density at radius 3 is 2.50 bits per heavy atom. The third-order valence-corrected chi connectivity index (χ3v) is 3.14. The van der Waals surface area contributed by atoms with Gasteiger partial charge in [-0.05, 0) is 27.2 Å². The van der Waals surface area contributed by atoms with E-state index in [0.29, 0.717) is 6.42 Å². The summed E-state index contributed by atoms with van der Waals surface area (Å²) in [6.45, 7) is 5.19. The monoisotopic (exact) mass is 290 g/mol. The molecule has 0 radical (unpaired) electrons. The van der Waals surface area contributed by atoms with E-state index >= 15 is 0 Å². The summed E-state index contributed by atoms with van der Waals surface area (Å²) in [6, 6.07) is 0. The Bertz CT molecular complexity index is 529. The SMILES string of the molecule is Cn1ncc(C2CC2C(=O)OC(C)(C)C)c1C(F)(F)F. The summed E-state index contributed by atoms with van der Waals surface area (Å²) in [5, 5.41) is 3.66. The lowest BCUT2D eigenvalue weighted by Gasteiger charge is -2.19. The van der Waals surface area contributed by atoms with Crippen molar-refractivity contribution in [3.8, 4) is 0 Å². The second-order valence-corrected chi connectivity index (χ2v) is 6.05. The van der Waals surface area contributed by atoms with Crippen LogP contribution in [0.5, 0.6) is 0 Å². The van der Waals surface area contributed by atoms with Gasteiger partial charge in [0.2, 0.25) is 0 Å². The van der Waals surface area contributed by atoms with Gasteiger partial charge < -0.3 is 4.74 Å². The van der Waals surface area contributed by atoms with Crippen molar-refractivity contribution in [1.82, 2.24) is 9.78 Å². The van der Waals surface area contributed by atoms with Gasteiger partial charge in [0.05, 0.1) is 12.1 Å². The van der Waals surface area contributed by atoms with E-state index in [1.54, 1.807) is 20.8 Å². The van der Waals surface area contributed by atoms with Crippen LogP contribution >= 0.6 is 0 Å². The highest BCUT2D eigenvalue weighted by Gasteiger charge is 2.51. The first-order valence-corrected chi connectivity index (χ1v) is 6.32. The van der Waals surface area contributed by atoms with Crippen LogP contribution < -0.4 is 0 Å². The molecule has 0 aliphatic heterocycles. The number of rotatable bonds is 2. The zero-order valence-corrected chi connectivity index (χ0v) is 11.8. The average molecular weight is 290 g/mol. The van der Waals surface area contributed by atoms with Crippen LogP contribution in [0.2, 0.25) is 0 Å². The summed E-state index contributed by atoms with van der Waals surface area (Å²) in [7, 11) is 1.25. The number of ether oxygens (including phenoxy) is 1. The normalized spacial score (nSPS) is 22.8. The highest BCUT2D eigenvalue weighted by Crippen LogP contribution is 2.51. The molecule has 0 amide bonds. The topological polar surface area (TPSA) is 44.1 Å². The van der Waals surface area contributed by atoms with Gasteiger partial charge in [-0.25, -0.2) is 0 Å². The Kier molecular flexibility index (Phi) is 3.34. The number of nitrogens with zero attached hydrogens (tertiary/aromatic N) is 2. The molecule has 1 saturated carbocycles. The van der Waals surface area contributed by atoms with Crippen LogP contribution in [0.1, 0.15) is 44.4 Å². The molecule has 20 heavy (non-hydrogen) atoms. The van der Waals surface area contributed by atoms with Crippen molar-refractivity contribution in [3.63, 3.8) is 0 Å². The Hall–Kier alpha value is -1.53. The third kappa shape index (κ3) is 2.96. The zero-order chi connectivity index (χ0) is 15.3. The number of halogens is 3. The second-order valence-electron chi connectivity index (χ2n) is 6.05. The Morgan fingerprint density at radius 1 is 1.40 bits per heavy atom. The molecule has 112 valence electrons. The maximum atomic E-state index is 13.0. The molecule has 0 bridgehead atoms. The number of hydrogen-bond acceptors (Lipinski definition) is 3. The van der Waals surface area contributed by atoms with E-state index in [9.17, 15) is 18.0 Å². The van der Waals surface area contributed by atoms with E-state index in [1.165, 1.54) is 13.2 Å². The summed E-state index contributed by atoms with van der Waals surface area (Å²) in [6.07, 6.45) is -2.90. The molecule has 4 nitrogen and oxygen atoms in total. The number of hydrogen-bond donors (Lipinski definition) is 0. The van der Waals surface area contributed by atoms with Gasteiger partial charge in [0.25, 0.3) is 0 Å². The van der Waals surface area contributed by atoms with Gasteiger partial charge in [0.15, 0.2) is 0 Å². The molecule has 1 aliphatic carbocycles. The highest BCUT2D eigenvalue weighted by atomic mass is 19.4. The summed E-state index contributed by atoms with van der Waals surface area (Å²) in [5.41, 5.74) is -1.34. The second kappa shape index (κ2) is 4.49. The van der Waals surface area contributed by atoms with Crippen molar-refractivity contribution in [3.05, 3.63) is 17.5 Å². The molecule has 7 heteroatoms. The first kappa shape index (κ1) is 14.9. The summed E-state index contributed by atoms with van der Waals surface area (Å²) in [5.74, 6) is -1.39. The number of esters is 1. The number of carbonyl (C=O) groups is 1. The van der Waals surface area contributed by atoms with Gasteiger partial charge in [0.1, 0.15) is 11.3 Å². The average Bonchev–Trinajstić information content (AvgIpc) is 2.91. The van der Waals surface area contributed by atoms with E-state index in [2.05, 4.69) is 5.10 Å². The first-order chi connectivity index (χ1) is 9.00. The number of aryl methyl sites for hydroxylation is 1. The summed E-state index contributed by atoms with van der Waals surface area (Å²) in [4.78, 5) is 11.8. The molecular weight excluding hydrogens is 273 g/mol. The summed E-state index contributed by atoms with van der Waals surface area (Å²) < 4.78 is 44.9. The zero-order valence-electron chi connectivity index (χ0n) is 11.8. The molecule has 0 aromatic carbocycles. The number of aromatic nitrogens is 2. The van der Waals surface area contributed by atoms with Gasteiger partial charge in [-0.3, -0.25) is 9.48 Å². The molecule has 2 rings (SSSR count). The number of alkyl halides is 3. The Balaban J connectivity index is 2.15. The van der Waals surface area contributed by atoms with E-state index in [0.717, 1.165) is 4.68 Å². The maximum absolute atomic E-state index is 13.0. The number of carbonyl (C=O) groups excluding carboxylic acids is 1. The highest BCUT2D eigenvalue weighted by molar-refractivity contribution is 5.77. The minimum atomic E-state index is -4.47. The van der Waals surface area contributed by atoms with E-state index in [4.69, 9.17) is 4.74 Å². The van der Waals surface area contributed by atoms with Crippen molar-refractivity contribution in [2.75, 3.05) is 0 Å². The van der Waals surface area contributed by atoms with E-state index in [-0.39, 0.29) is 5.56 Å². The van der Waals surface area contributed by atoms with Crippen molar-refractivity contribution in [2.45, 2.75) is 44.9 Å². The molecule has 0 N–H and O–H groups in total. The van der Waals surface area contributed by atoms with Crippen molar-refractivity contribution in [1.29, 1.82) is 0 Å². The minimum absolute atomic E-state index is 0.0795. The minimum Gasteiger partial charge on any atom is -0.460 e. The lowest BCUT2D eigenvalue weighted by Crippen LogP contribution is -2.25. The molecular formula is C13H17F3N2O2. The van der Waals surface area contributed by atoms with E-state index < -0.39 is 35.3 Å². The lowest BCUT2D eigenvalue weighted by atomic mass is 10.1. The molecule has 1 aromatic heterocycles. The van der Waals surface area contributed by atoms with Crippen LogP contribution in [-0.2, 0) is 22.8 Å². The van der Waals surface area contributed by atoms with Crippen molar-refractivity contribution in [2.24, 2.45) is 13.0 Å². The molecule has 1 aliphatic rings. The standard InChI is InChI=1S/C13H17F3N2O2/c1-12(2,3)20-11(19)8-5-7(8)9-6-17-18(4)10(9)13(14,15)16/h6-8H,5H2,1-4H3. The molecule has 2 atom stereocenters. The largest absolute Gasteiger partial charge is 0.460 e. The molecule has 1 aromatic rings. The predicted molar refractivity (Wildman–Crippen MR) is 64.9 cm³/mol. The first-order valence-electron chi connectivity index (χ1n) is 6.32. The van der Waals surface area contributed by atoms with Gasteiger partial charge in [-0.2, -0.15) is 18.3 Å². The van der Waals surface area contributed by atoms with Crippen molar-refractivity contribution >= 4 is 5.97 Å². The molecule has 2 unspecified atom stereocenters. The fourth-order valence-electron chi connectivity index (χ4n) is 2.25. The van der Waals surface area contributed by atoms with Crippen LogP contribution in [0.15, 0.2) is 6.20 Å². The Morgan fingerprint density at radius 2 is 2.00 bits per heavy atom. The summed E-state index contributed by atoms with van der Waals surface area (Å²) >= 11 is 0. The fraction of sp³-hybridized carbons (Fsp3) is 0.692. The lowest BCUT2D eigenvalue weighted by molar-refractivity contribution is -0.156. The molecule has 1 heterocycles.